The summed E-state index contributed by atoms with van der Waals surface area (Å²) in [4.78, 5) is 55.7. The van der Waals surface area contributed by atoms with Gasteiger partial charge >= 0.3 is 0 Å². The Kier molecular flexibility index (Phi) is 8.16. The van der Waals surface area contributed by atoms with Crippen LogP contribution in [0.2, 0.25) is 0 Å². The first-order chi connectivity index (χ1) is 19.3. The van der Waals surface area contributed by atoms with E-state index in [0.29, 0.717) is 12.5 Å². The molecule has 0 saturated carbocycles. The van der Waals surface area contributed by atoms with E-state index >= 15 is 0 Å². The lowest BCUT2D eigenvalue weighted by molar-refractivity contribution is -0.144. The first-order valence-corrected chi connectivity index (χ1v) is 14.0. The zero-order valence-corrected chi connectivity index (χ0v) is 22.9. The summed E-state index contributed by atoms with van der Waals surface area (Å²) in [5.74, 6) is -3.40. The van der Waals surface area contributed by atoms with Gasteiger partial charge in [-0.25, -0.2) is 0 Å². The van der Waals surface area contributed by atoms with Gasteiger partial charge in [-0.05, 0) is 17.9 Å². The molecule has 0 aliphatic carbocycles. The highest BCUT2D eigenvalue weighted by Gasteiger charge is 2.60. The molecule has 9 heteroatoms. The summed E-state index contributed by atoms with van der Waals surface area (Å²) >= 11 is 0. The molecule has 40 heavy (non-hydrogen) atoms. The molecular formula is C31H37N3O6. The van der Waals surface area contributed by atoms with Crippen molar-refractivity contribution in [1.82, 2.24) is 9.80 Å². The van der Waals surface area contributed by atoms with E-state index in [1.165, 1.54) is 9.80 Å². The molecule has 4 heterocycles. The molecule has 4 fully saturated rings. The molecule has 4 aliphatic heterocycles. The Balaban J connectivity index is 1.39. The van der Waals surface area contributed by atoms with Crippen LogP contribution in [0.4, 0.5) is 0 Å². The average molecular weight is 548 g/mol. The van der Waals surface area contributed by atoms with Crippen molar-refractivity contribution in [1.29, 1.82) is 0 Å². The highest BCUT2D eigenvalue weighted by atomic mass is 16.5. The predicted octanol–water partition coefficient (Wildman–Crippen LogP) is 2.18. The number of hydrogen-bond donors (Lipinski definition) is 1. The first kappa shape index (κ1) is 28.1. The highest BCUT2D eigenvalue weighted by molar-refractivity contribution is 6.07. The Hall–Kier alpha value is -3.40. The normalized spacial score (nSPS) is 33.8. The number of rotatable bonds is 10. The van der Waals surface area contributed by atoms with Crippen molar-refractivity contribution in [2.45, 2.75) is 44.7 Å². The van der Waals surface area contributed by atoms with Gasteiger partial charge in [0, 0.05) is 19.6 Å². The second-order valence-corrected chi connectivity index (χ2v) is 11.3. The van der Waals surface area contributed by atoms with Crippen LogP contribution in [0.3, 0.4) is 0 Å². The Morgan fingerprint density at radius 3 is 1.75 bits per heavy atom. The fourth-order valence-electron chi connectivity index (χ4n) is 6.28. The lowest BCUT2D eigenvalue weighted by atomic mass is 9.87. The van der Waals surface area contributed by atoms with Crippen LogP contribution in [0.15, 0.2) is 61.2 Å². The van der Waals surface area contributed by atoms with E-state index in [2.05, 4.69) is 6.58 Å². The lowest BCUT2D eigenvalue weighted by Gasteiger charge is -2.21. The molecule has 1 aromatic rings. The van der Waals surface area contributed by atoms with E-state index in [4.69, 9.17) is 15.2 Å². The maximum Gasteiger partial charge on any atom is 0.236 e. The molecule has 0 spiro atoms. The summed E-state index contributed by atoms with van der Waals surface area (Å²) in [6.45, 7) is 8.61. The molecule has 4 aliphatic rings. The van der Waals surface area contributed by atoms with Gasteiger partial charge < -0.3 is 15.2 Å². The number of benzene rings is 1. The third kappa shape index (κ3) is 4.98. The van der Waals surface area contributed by atoms with Crippen molar-refractivity contribution in [3.8, 4) is 0 Å². The second-order valence-electron chi connectivity index (χ2n) is 11.3. The number of hydrogen-bond acceptors (Lipinski definition) is 7. The van der Waals surface area contributed by atoms with E-state index in [1.807, 2.05) is 56.3 Å². The van der Waals surface area contributed by atoms with Crippen LogP contribution < -0.4 is 5.73 Å². The molecule has 1 aromatic carbocycles. The van der Waals surface area contributed by atoms with Crippen molar-refractivity contribution >= 4 is 29.7 Å². The Bertz CT molecular complexity index is 1230. The van der Waals surface area contributed by atoms with Crippen LogP contribution in [0, 0.1) is 29.6 Å². The SMILES string of the molecule is C=C[C@H]1OC(/C=C\[C@H]2O[C@@H](C=Cc3ccccc3)[C@@H]3C(=O)N(CCN)C(=O)[C@@H]32)[C@@H]2C(=O)N(CCC(C)C)C(=O)[C@H]12. The highest BCUT2D eigenvalue weighted by Crippen LogP contribution is 2.44. The standard InChI is InChI=1S/C31H37N3O6/c1-4-20-24-25(29(36)33(28(24)35)16-14-18(2)3)22(39-20)12-13-23-27-26(30(37)34(17-15-32)31(27)38)21(40-23)11-10-19-8-6-5-7-9-19/h4-13,18,20-27H,1,14-17,32H2,2-3H3/b11-10?,13-12-/t20-,21+,22?,23-,24-,25+,26+,27-/m1/s1. The maximum atomic E-state index is 13.3. The van der Waals surface area contributed by atoms with Gasteiger partial charge in [-0.3, -0.25) is 29.0 Å². The van der Waals surface area contributed by atoms with Gasteiger partial charge in [0.1, 0.15) is 0 Å². The van der Waals surface area contributed by atoms with Crippen molar-refractivity contribution in [3.05, 3.63) is 66.8 Å². The molecule has 9 nitrogen and oxygen atoms in total. The zero-order valence-electron chi connectivity index (χ0n) is 22.9. The number of carbonyl (C=O) groups is 4. The summed E-state index contributed by atoms with van der Waals surface area (Å²) in [7, 11) is 0. The molecule has 5 rings (SSSR count). The largest absolute Gasteiger partial charge is 0.365 e. The van der Waals surface area contributed by atoms with Crippen LogP contribution >= 0.6 is 0 Å². The minimum Gasteiger partial charge on any atom is -0.365 e. The lowest BCUT2D eigenvalue weighted by Crippen LogP contribution is -2.38. The molecular weight excluding hydrogens is 510 g/mol. The quantitative estimate of drug-likeness (QED) is 0.352. The summed E-state index contributed by atoms with van der Waals surface area (Å²) in [5, 5.41) is 0. The smallest absolute Gasteiger partial charge is 0.236 e. The van der Waals surface area contributed by atoms with E-state index < -0.39 is 48.1 Å². The van der Waals surface area contributed by atoms with Crippen molar-refractivity contribution in [2.24, 2.45) is 35.3 Å². The second kappa shape index (κ2) is 11.6. The fraction of sp³-hybridized carbons (Fsp3) is 0.484. The molecule has 2 N–H and O–H groups in total. The Labute approximate surface area is 234 Å². The molecule has 4 amide bonds. The number of fused-ring (bicyclic) bond motifs is 2. The zero-order chi connectivity index (χ0) is 28.6. The third-order valence-electron chi connectivity index (χ3n) is 8.31. The Morgan fingerprint density at radius 2 is 1.25 bits per heavy atom. The van der Waals surface area contributed by atoms with Crippen molar-refractivity contribution in [3.63, 3.8) is 0 Å². The van der Waals surface area contributed by atoms with E-state index in [1.54, 1.807) is 18.2 Å². The van der Waals surface area contributed by atoms with Gasteiger partial charge in [0.25, 0.3) is 0 Å². The number of amides is 4. The number of likely N-dealkylation sites (tertiary alicyclic amines) is 2. The topological polar surface area (TPSA) is 119 Å². The molecule has 8 atom stereocenters. The number of ether oxygens (including phenoxy) is 2. The molecule has 4 saturated heterocycles. The van der Waals surface area contributed by atoms with Gasteiger partial charge in [0.2, 0.25) is 23.6 Å². The molecule has 212 valence electrons. The predicted molar refractivity (Wildman–Crippen MR) is 148 cm³/mol. The minimum absolute atomic E-state index is 0.148. The summed E-state index contributed by atoms with van der Waals surface area (Å²) in [6, 6.07) is 9.64. The van der Waals surface area contributed by atoms with Crippen molar-refractivity contribution < 1.29 is 28.7 Å². The number of imide groups is 2. The molecule has 1 unspecified atom stereocenters. The van der Waals surface area contributed by atoms with Gasteiger partial charge in [-0.1, -0.05) is 74.6 Å². The first-order valence-electron chi connectivity index (χ1n) is 14.0. The summed E-state index contributed by atoms with van der Waals surface area (Å²) in [5.41, 5.74) is 6.63. The maximum absolute atomic E-state index is 13.3. The molecule has 0 bridgehead atoms. The van der Waals surface area contributed by atoms with Crippen LogP contribution in [-0.4, -0.2) is 77.5 Å². The number of nitrogens with zero attached hydrogens (tertiary/aromatic N) is 2. The minimum atomic E-state index is -0.712. The fourth-order valence-corrected chi connectivity index (χ4v) is 6.28. The van der Waals surface area contributed by atoms with Gasteiger partial charge in [-0.15, -0.1) is 6.58 Å². The molecule has 0 radical (unpaired) electrons. The third-order valence-corrected chi connectivity index (χ3v) is 8.31. The average Bonchev–Trinajstić information content (AvgIpc) is 3.63. The number of nitrogens with two attached hydrogens (primary N) is 1. The monoisotopic (exact) mass is 547 g/mol. The van der Waals surface area contributed by atoms with Crippen LogP contribution in [-0.2, 0) is 28.7 Å². The van der Waals surface area contributed by atoms with Crippen molar-refractivity contribution in [2.75, 3.05) is 19.6 Å². The molecule has 0 aromatic heterocycles. The summed E-state index contributed by atoms with van der Waals surface area (Å²) < 4.78 is 12.3. The number of carbonyl (C=O) groups excluding carboxylic acids is 4. The van der Waals surface area contributed by atoms with Crippen LogP contribution in [0.1, 0.15) is 25.8 Å². The van der Waals surface area contributed by atoms with E-state index in [0.717, 1.165) is 12.0 Å². The van der Waals surface area contributed by atoms with Gasteiger partial charge in [0.15, 0.2) is 0 Å². The van der Waals surface area contributed by atoms with E-state index in [-0.39, 0.29) is 36.7 Å². The summed E-state index contributed by atoms with van der Waals surface area (Å²) in [6.07, 6.45) is 6.84. The van der Waals surface area contributed by atoms with Crippen LogP contribution in [0.5, 0.6) is 0 Å². The van der Waals surface area contributed by atoms with E-state index in [9.17, 15) is 19.2 Å². The Morgan fingerprint density at radius 1 is 0.775 bits per heavy atom. The van der Waals surface area contributed by atoms with Crippen LogP contribution in [0.25, 0.3) is 6.08 Å². The van der Waals surface area contributed by atoms with Gasteiger partial charge in [0.05, 0.1) is 48.1 Å². The van der Waals surface area contributed by atoms with Gasteiger partial charge in [-0.2, -0.15) is 0 Å².